The summed E-state index contributed by atoms with van der Waals surface area (Å²) in [5, 5.41) is 9.42. The van der Waals surface area contributed by atoms with Crippen molar-refractivity contribution in [2.75, 3.05) is 20.1 Å². The highest BCUT2D eigenvalue weighted by molar-refractivity contribution is 6.08. The maximum absolute atomic E-state index is 13.0. The Kier molecular flexibility index (Phi) is 11.5. The number of ether oxygens (including phenoxy) is 1. The lowest BCUT2D eigenvalue weighted by Crippen LogP contribution is -2.39. The molecule has 0 radical (unpaired) electrons. The summed E-state index contributed by atoms with van der Waals surface area (Å²) in [5.41, 5.74) is 6.21. The third-order valence-electron chi connectivity index (χ3n) is 6.60. The molecule has 0 spiro atoms. The van der Waals surface area contributed by atoms with Crippen LogP contribution >= 0.6 is 0 Å². The zero-order chi connectivity index (χ0) is 30.2. The molecule has 1 saturated carbocycles. The van der Waals surface area contributed by atoms with Crippen LogP contribution in [0.15, 0.2) is 88.3 Å². The van der Waals surface area contributed by atoms with Crippen molar-refractivity contribution in [2.24, 2.45) is 16.8 Å². The van der Waals surface area contributed by atoms with Gasteiger partial charge < -0.3 is 14.5 Å². The van der Waals surface area contributed by atoms with Gasteiger partial charge in [-0.1, -0.05) is 38.7 Å². The molecule has 0 saturated heterocycles. The van der Waals surface area contributed by atoms with Gasteiger partial charge in [0, 0.05) is 49.6 Å². The Morgan fingerprint density at radius 1 is 1.27 bits per heavy atom. The first-order valence-corrected chi connectivity index (χ1v) is 14.2. The number of allylic oxidation sites excluding steroid dienone is 7. The second-order valence-electron chi connectivity index (χ2n) is 12.1. The van der Waals surface area contributed by atoms with Crippen molar-refractivity contribution in [3.8, 4) is 6.07 Å². The number of hydrogen-bond donors (Lipinski definition) is 0. The van der Waals surface area contributed by atoms with E-state index in [2.05, 4.69) is 50.8 Å². The van der Waals surface area contributed by atoms with Crippen molar-refractivity contribution in [1.29, 1.82) is 5.26 Å². The Labute approximate surface area is 242 Å². The highest BCUT2D eigenvalue weighted by atomic mass is 16.6. The number of hydrogen-bond acceptors (Lipinski definition) is 4. The number of rotatable bonds is 12. The molecule has 0 aromatic rings. The molecule has 2 rings (SSSR count). The molecule has 216 valence electrons. The Bertz CT molecular complexity index is 1210. The van der Waals surface area contributed by atoms with Crippen LogP contribution in [-0.4, -0.2) is 47.5 Å². The monoisotopic (exact) mass is 544 g/mol. The van der Waals surface area contributed by atoms with Crippen molar-refractivity contribution < 1.29 is 9.53 Å². The molecule has 0 bridgehead atoms. The molecule has 1 fully saturated rings. The van der Waals surface area contributed by atoms with Gasteiger partial charge in [-0.15, -0.1) is 6.58 Å². The van der Waals surface area contributed by atoms with E-state index < -0.39 is 5.60 Å². The van der Waals surface area contributed by atoms with E-state index in [-0.39, 0.29) is 6.09 Å². The zero-order valence-corrected chi connectivity index (χ0v) is 25.9. The lowest BCUT2D eigenvalue weighted by Gasteiger charge is -2.29. The van der Waals surface area contributed by atoms with E-state index in [1.807, 2.05) is 46.8 Å². The highest BCUT2D eigenvalue weighted by Gasteiger charge is 2.38. The van der Waals surface area contributed by atoms with Crippen molar-refractivity contribution in [2.45, 2.75) is 79.8 Å². The molecular formula is C34H48N4O2. The van der Waals surface area contributed by atoms with E-state index in [9.17, 15) is 10.1 Å². The molecule has 0 N–H and O–H groups in total. The summed E-state index contributed by atoms with van der Waals surface area (Å²) in [6, 6.07) is 2.23. The number of nitriles is 1. The average Bonchev–Trinajstić information content (AvgIpc) is 3.63. The van der Waals surface area contributed by atoms with E-state index in [0.717, 1.165) is 46.7 Å². The van der Waals surface area contributed by atoms with Crippen LogP contribution < -0.4 is 0 Å². The number of nitrogens with zero attached hydrogens (tertiary/aromatic N) is 4. The molecule has 0 aromatic carbocycles. The van der Waals surface area contributed by atoms with Gasteiger partial charge in [-0.25, -0.2) is 4.79 Å². The smallest absolute Gasteiger partial charge is 0.410 e. The molecule has 2 aliphatic rings. The van der Waals surface area contributed by atoms with Crippen LogP contribution in [0, 0.1) is 23.2 Å². The van der Waals surface area contributed by atoms with Crippen LogP contribution in [-0.2, 0) is 4.74 Å². The van der Waals surface area contributed by atoms with Gasteiger partial charge in [0.15, 0.2) is 0 Å². The number of carbonyl (C=O) groups excluding carboxylic acids is 1. The largest absolute Gasteiger partial charge is 0.444 e. The van der Waals surface area contributed by atoms with Crippen LogP contribution in [0.4, 0.5) is 4.79 Å². The maximum atomic E-state index is 13.0. The molecule has 1 aliphatic heterocycles. The number of aliphatic imine (C=N–C) groups is 1. The zero-order valence-electron chi connectivity index (χ0n) is 25.9. The molecular weight excluding hydrogens is 496 g/mol. The Balaban J connectivity index is 2.46. The minimum atomic E-state index is -0.557. The Hall–Kier alpha value is -3.59. The molecule has 1 aliphatic carbocycles. The quantitative estimate of drug-likeness (QED) is 0.141. The predicted octanol–water partition coefficient (Wildman–Crippen LogP) is 8.27. The average molecular weight is 545 g/mol. The van der Waals surface area contributed by atoms with Gasteiger partial charge in [0.2, 0.25) is 0 Å². The van der Waals surface area contributed by atoms with Crippen LogP contribution in [0.2, 0.25) is 0 Å². The van der Waals surface area contributed by atoms with E-state index in [4.69, 9.17) is 9.73 Å². The summed E-state index contributed by atoms with van der Waals surface area (Å²) in [5.74, 6) is 1.62. The van der Waals surface area contributed by atoms with E-state index in [1.54, 1.807) is 18.0 Å². The fraction of sp³-hybridized carbons (Fsp3) is 0.500. The van der Waals surface area contributed by atoms with Crippen LogP contribution in [0.3, 0.4) is 0 Å². The highest BCUT2D eigenvalue weighted by Crippen LogP contribution is 2.47. The van der Waals surface area contributed by atoms with Crippen LogP contribution in [0.5, 0.6) is 0 Å². The molecule has 6 nitrogen and oxygen atoms in total. The lowest BCUT2D eigenvalue weighted by atomic mass is 9.88. The van der Waals surface area contributed by atoms with E-state index in [1.165, 1.54) is 5.57 Å². The number of amides is 1. The number of amidine groups is 1. The standard InChI is InChI=1S/C34H48N4O2/c1-12-13-27(20-35)15-14-26(7)38-22-29(28-16-17-28)31(32(38)36-11)30(24(4)5)25(6)18-19-37(21-23(2)3)33(39)40-34(8,9)10/h12,14-15,22-23,28H,1,4,6,13,16-19,21H2,2-3,5,7-11H3/b26-14+,27-15+,31-30+,36-32+. The van der Waals surface area contributed by atoms with Crippen LogP contribution in [0.1, 0.15) is 74.1 Å². The summed E-state index contributed by atoms with van der Waals surface area (Å²) in [6.07, 6.45) is 10.8. The van der Waals surface area contributed by atoms with Gasteiger partial charge in [0.05, 0.1) is 6.07 Å². The van der Waals surface area contributed by atoms with Gasteiger partial charge in [0.1, 0.15) is 11.4 Å². The second-order valence-corrected chi connectivity index (χ2v) is 12.1. The summed E-state index contributed by atoms with van der Waals surface area (Å²) in [7, 11) is 1.80. The first-order chi connectivity index (χ1) is 18.7. The first kappa shape index (κ1) is 32.6. The summed E-state index contributed by atoms with van der Waals surface area (Å²) >= 11 is 0. The first-order valence-electron chi connectivity index (χ1n) is 14.2. The van der Waals surface area contributed by atoms with Crippen molar-refractivity contribution >= 4 is 11.9 Å². The topological polar surface area (TPSA) is 68.9 Å². The lowest BCUT2D eigenvalue weighted by molar-refractivity contribution is 0.0231. The molecule has 0 aromatic heterocycles. The molecule has 40 heavy (non-hydrogen) atoms. The summed E-state index contributed by atoms with van der Waals surface area (Å²) < 4.78 is 5.69. The van der Waals surface area contributed by atoms with Crippen molar-refractivity contribution in [1.82, 2.24) is 9.80 Å². The third kappa shape index (κ3) is 8.98. The maximum Gasteiger partial charge on any atom is 0.410 e. The summed E-state index contributed by atoms with van der Waals surface area (Å²) in [6.45, 7) is 27.5. The normalized spacial score (nSPS) is 18.4. The van der Waals surface area contributed by atoms with Gasteiger partial charge >= 0.3 is 6.09 Å². The number of carbonyl (C=O) groups is 1. The third-order valence-corrected chi connectivity index (χ3v) is 6.60. The van der Waals surface area contributed by atoms with Gasteiger partial charge in [-0.2, -0.15) is 5.26 Å². The second kappa shape index (κ2) is 14.2. The fourth-order valence-electron chi connectivity index (χ4n) is 4.68. The summed E-state index contributed by atoms with van der Waals surface area (Å²) in [4.78, 5) is 21.6. The van der Waals surface area contributed by atoms with Crippen molar-refractivity contribution in [3.05, 3.63) is 83.3 Å². The van der Waals surface area contributed by atoms with Gasteiger partial charge in [-0.3, -0.25) is 4.99 Å². The van der Waals surface area contributed by atoms with Gasteiger partial charge in [-0.05, 0) is 94.6 Å². The molecule has 0 unspecified atom stereocenters. The van der Waals surface area contributed by atoms with E-state index >= 15 is 0 Å². The molecule has 1 heterocycles. The fourth-order valence-corrected chi connectivity index (χ4v) is 4.68. The van der Waals surface area contributed by atoms with E-state index in [0.29, 0.717) is 43.3 Å². The SMILES string of the molecule is C=CC/C(C#N)=C\C=C(/C)N1C=C(C2CC2)C(=C(/C(=C)C)C(=C)CCN(CC(C)C)C(=O)OC(C)(C)C)/C1=N\C. The molecule has 0 atom stereocenters. The Morgan fingerprint density at radius 3 is 2.40 bits per heavy atom. The van der Waals surface area contributed by atoms with Crippen molar-refractivity contribution in [3.63, 3.8) is 0 Å². The minimum Gasteiger partial charge on any atom is -0.444 e. The van der Waals surface area contributed by atoms with Crippen LogP contribution in [0.25, 0.3) is 0 Å². The molecule has 6 heteroatoms. The molecule has 1 amide bonds. The Morgan fingerprint density at radius 2 is 1.93 bits per heavy atom. The minimum absolute atomic E-state index is 0.304. The van der Waals surface area contributed by atoms with Gasteiger partial charge in [0.25, 0.3) is 0 Å². The predicted molar refractivity (Wildman–Crippen MR) is 167 cm³/mol.